The number of pyridine rings is 1. The summed E-state index contributed by atoms with van der Waals surface area (Å²) in [7, 11) is 1.56. The molecule has 3 aromatic rings. The van der Waals surface area contributed by atoms with Gasteiger partial charge in [-0.15, -0.1) is 0 Å². The maximum atomic E-state index is 13.0. The normalized spacial score (nSPS) is 18.4. The van der Waals surface area contributed by atoms with E-state index in [2.05, 4.69) is 5.32 Å². The van der Waals surface area contributed by atoms with Gasteiger partial charge in [-0.3, -0.25) is 9.59 Å². The molecule has 0 radical (unpaired) electrons. The molecule has 5 nitrogen and oxygen atoms in total. The summed E-state index contributed by atoms with van der Waals surface area (Å²) in [6, 6.07) is 13.4. The van der Waals surface area contributed by atoms with Crippen LogP contribution in [0.2, 0.25) is 0 Å². The van der Waals surface area contributed by atoms with Crippen molar-refractivity contribution < 1.29 is 14.3 Å². The Morgan fingerprint density at radius 2 is 1.93 bits per heavy atom. The molecule has 1 saturated carbocycles. The summed E-state index contributed by atoms with van der Waals surface area (Å²) in [6.45, 7) is 0.434. The molecular formula is C21H19FN2O3. The van der Waals surface area contributed by atoms with E-state index in [1.165, 1.54) is 16.7 Å². The summed E-state index contributed by atoms with van der Waals surface area (Å²) in [6.07, 6.45) is 0.912. The Bertz CT molecular complexity index is 1090. The first-order chi connectivity index (χ1) is 13.0. The first kappa shape index (κ1) is 17.3. The highest BCUT2D eigenvalue weighted by atomic mass is 19.1. The molecule has 0 aliphatic heterocycles. The molecule has 27 heavy (non-hydrogen) atoms. The van der Waals surface area contributed by atoms with Gasteiger partial charge in [0.25, 0.3) is 11.5 Å². The number of hydrogen-bond donors (Lipinski definition) is 2. The second kappa shape index (κ2) is 6.54. The zero-order valence-corrected chi connectivity index (χ0v) is 14.8. The van der Waals surface area contributed by atoms with Gasteiger partial charge in [-0.25, -0.2) is 4.39 Å². The molecule has 4 rings (SSSR count). The number of aromatic hydroxyl groups is 1. The number of carbonyl (C=O) groups is 1. The Morgan fingerprint density at radius 1 is 1.22 bits per heavy atom. The number of hydrogen-bond acceptors (Lipinski definition) is 3. The molecule has 138 valence electrons. The van der Waals surface area contributed by atoms with Crippen LogP contribution in [-0.4, -0.2) is 22.1 Å². The summed E-state index contributed by atoms with van der Waals surface area (Å²) >= 11 is 0. The lowest BCUT2D eigenvalue weighted by Gasteiger charge is -2.12. The SMILES string of the molecule is Cn1c(=O)c(O)c(C(=O)NC[C@H]2C[C@@H]2c2ccc(F)cc2)c2ccccc21. The number of carbonyl (C=O) groups excluding carboxylic acids is 1. The van der Waals surface area contributed by atoms with E-state index in [4.69, 9.17) is 0 Å². The van der Waals surface area contributed by atoms with E-state index < -0.39 is 17.2 Å². The number of fused-ring (bicyclic) bond motifs is 1. The van der Waals surface area contributed by atoms with Gasteiger partial charge >= 0.3 is 0 Å². The zero-order valence-electron chi connectivity index (χ0n) is 14.8. The number of halogens is 1. The van der Waals surface area contributed by atoms with Crippen molar-refractivity contribution in [1.29, 1.82) is 0 Å². The summed E-state index contributed by atoms with van der Waals surface area (Å²) in [5.41, 5.74) is 1.04. The minimum absolute atomic E-state index is 0.00711. The van der Waals surface area contributed by atoms with Gasteiger partial charge < -0.3 is 15.0 Å². The van der Waals surface area contributed by atoms with Gasteiger partial charge in [0.05, 0.1) is 11.1 Å². The van der Waals surface area contributed by atoms with E-state index in [9.17, 15) is 19.1 Å². The number of rotatable bonds is 4. The molecule has 1 aromatic heterocycles. The summed E-state index contributed by atoms with van der Waals surface area (Å²) in [4.78, 5) is 24.9. The number of aromatic nitrogens is 1. The van der Waals surface area contributed by atoms with Crippen LogP contribution in [0.25, 0.3) is 10.9 Å². The number of amides is 1. The summed E-state index contributed by atoms with van der Waals surface area (Å²) in [5.74, 6) is -0.720. The van der Waals surface area contributed by atoms with Crippen LogP contribution in [0.3, 0.4) is 0 Å². The van der Waals surface area contributed by atoms with Crippen LogP contribution in [0.1, 0.15) is 28.3 Å². The van der Waals surface area contributed by atoms with Gasteiger partial charge in [0.1, 0.15) is 5.82 Å². The standard InChI is InChI=1S/C21H19FN2O3/c1-24-17-5-3-2-4-15(17)18(19(25)21(24)27)20(26)23-11-13-10-16(13)12-6-8-14(22)9-7-12/h2-9,13,16,25H,10-11H2,1H3,(H,23,26)/t13-,16-/m1/s1. The maximum Gasteiger partial charge on any atom is 0.293 e. The smallest absolute Gasteiger partial charge is 0.293 e. The van der Waals surface area contributed by atoms with E-state index in [0.717, 1.165) is 12.0 Å². The predicted molar refractivity (Wildman–Crippen MR) is 100 cm³/mol. The topological polar surface area (TPSA) is 71.3 Å². The Kier molecular flexibility index (Phi) is 4.18. The van der Waals surface area contributed by atoms with Crippen LogP contribution in [0, 0.1) is 11.7 Å². The van der Waals surface area contributed by atoms with Crippen molar-refractivity contribution in [2.75, 3.05) is 6.54 Å². The number of aryl methyl sites for hydroxylation is 1. The largest absolute Gasteiger partial charge is 0.502 e. The molecule has 1 fully saturated rings. The summed E-state index contributed by atoms with van der Waals surface area (Å²) < 4.78 is 14.4. The highest BCUT2D eigenvalue weighted by molar-refractivity contribution is 6.08. The van der Waals surface area contributed by atoms with E-state index in [0.29, 0.717) is 23.4 Å². The quantitative estimate of drug-likeness (QED) is 0.746. The van der Waals surface area contributed by atoms with Crippen LogP contribution >= 0.6 is 0 Å². The Labute approximate surface area is 155 Å². The average molecular weight is 366 g/mol. The van der Waals surface area contributed by atoms with Crippen LogP contribution < -0.4 is 10.9 Å². The van der Waals surface area contributed by atoms with Crippen LogP contribution in [0.5, 0.6) is 5.75 Å². The fraction of sp³-hybridized carbons (Fsp3) is 0.238. The molecule has 1 amide bonds. The van der Waals surface area contributed by atoms with Crippen molar-refractivity contribution in [1.82, 2.24) is 9.88 Å². The van der Waals surface area contributed by atoms with E-state index in [-0.39, 0.29) is 17.3 Å². The van der Waals surface area contributed by atoms with Crippen molar-refractivity contribution in [3.8, 4) is 5.75 Å². The summed E-state index contributed by atoms with van der Waals surface area (Å²) in [5, 5.41) is 13.6. The third kappa shape index (κ3) is 3.07. The van der Waals surface area contributed by atoms with Crippen molar-refractivity contribution in [2.45, 2.75) is 12.3 Å². The number of para-hydroxylation sites is 1. The molecule has 2 N–H and O–H groups in total. The van der Waals surface area contributed by atoms with E-state index >= 15 is 0 Å². The Hall–Kier alpha value is -3.15. The van der Waals surface area contributed by atoms with E-state index in [1.54, 1.807) is 43.4 Å². The predicted octanol–water partition coefficient (Wildman–Crippen LogP) is 2.92. The highest BCUT2D eigenvalue weighted by Gasteiger charge is 2.38. The molecule has 0 spiro atoms. The second-order valence-corrected chi connectivity index (χ2v) is 6.97. The zero-order chi connectivity index (χ0) is 19.1. The van der Waals surface area contributed by atoms with Crippen LogP contribution in [-0.2, 0) is 7.05 Å². The van der Waals surface area contributed by atoms with Gasteiger partial charge in [-0.1, -0.05) is 30.3 Å². The maximum absolute atomic E-state index is 13.0. The molecule has 2 atom stereocenters. The number of benzene rings is 2. The second-order valence-electron chi connectivity index (χ2n) is 6.97. The minimum Gasteiger partial charge on any atom is -0.502 e. The first-order valence-corrected chi connectivity index (χ1v) is 8.81. The van der Waals surface area contributed by atoms with Crippen molar-refractivity contribution in [3.05, 3.63) is 75.8 Å². The number of nitrogens with one attached hydrogen (secondary N) is 1. The molecule has 1 aliphatic rings. The molecule has 0 saturated heterocycles. The fourth-order valence-electron chi connectivity index (χ4n) is 3.61. The Morgan fingerprint density at radius 3 is 2.67 bits per heavy atom. The number of nitrogens with zero attached hydrogens (tertiary/aromatic N) is 1. The lowest BCUT2D eigenvalue weighted by Crippen LogP contribution is -2.29. The van der Waals surface area contributed by atoms with Gasteiger partial charge in [0, 0.05) is 19.0 Å². The average Bonchev–Trinajstić information content (AvgIpc) is 3.45. The van der Waals surface area contributed by atoms with Crippen LogP contribution in [0.4, 0.5) is 4.39 Å². The lowest BCUT2D eigenvalue weighted by molar-refractivity contribution is 0.0950. The first-order valence-electron chi connectivity index (χ1n) is 8.81. The Balaban J connectivity index is 1.53. The van der Waals surface area contributed by atoms with Crippen molar-refractivity contribution in [2.24, 2.45) is 13.0 Å². The highest BCUT2D eigenvalue weighted by Crippen LogP contribution is 2.47. The molecule has 2 aromatic carbocycles. The molecule has 1 heterocycles. The molecule has 0 bridgehead atoms. The van der Waals surface area contributed by atoms with Gasteiger partial charge in [-0.2, -0.15) is 0 Å². The van der Waals surface area contributed by atoms with Crippen molar-refractivity contribution in [3.63, 3.8) is 0 Å². The van der Waals surface area contributed by atoms with Gasteiger partial charge in [0.15, 0.2) is 5.75 Å². The van der Waals surface area contributed by atoms with Crippen molar-refractivity contribution >= 4 is 16.8 Å². The fourth-order valence-corrected chi connectivity index (χ4v) is 3.61. The van der Waals surface area contributed by atoms with E-state index in [1.807, 2.05) is 0 Å². The monoisotopic (exact) mass is 366 g/mol. The third-order valence-corrected chi connectivity index (χ3v) is 5.25. The van der Waals surface area contributed by atoms with Gasteiger partial charge in [0.2, 0.25) is 0 Å². The third-order valence-electron chi connectivity index (χ3n) is 5.25. The molecule has 1 aliphatic carbocycles. The minimum atomic E-state index is -0.602. The van der Waals surface area contributed by atoms with Gasteiger partial charge in [-0.05, 0) is 42.0 Å². The molecule has 0 unspecified atom stereocenters. The lowest BCUT2D eigenvalue weighted by atomic mass is 10.1. The molecule has 6 heteroatoms. The van der Waals surface area contributed by atoms with Crippen LogP contribution in [0.15, 0.2) is 53.3 Å². The molecular weight excluding hydrogens is 347 g/mol.